The van der Waals surface area contributed by atoms with Crippen molar-refractivity contribution < 1.29 is 4.79 Å². The lowest BCUT2D eigenvalue weighted by Crippen LogP contribution is -2.24. The number of hydrogen-bond donors (Lipinski definition) is 1. The summed E-state index contributed by atoms with van der Waals surface area (Å²) >= 11 is 0. The van der Waals surface area contributed by atoms with Gasteiger partial charge >= 0.3 is 0 Å². The average molecular weight is 215 g/mol. The summed E-state index contributed by atoms with van der Waals surface area (Å²) in [5, 5.41) is 2.88. The van der Waals surface area contributed by atoms with Gasteiger partial charge in [-0.3, -0.25) is 4.79 Å². The molecule has 0 heterocycles. The minimum Gasteiger partial charge on any atom is -0.352 e. The highest BCUT2D eigenvalue weighted by Crippen LogP contribution is 2.22. The van der Waals surface area contributed by atoms with Gasteiger partial charge < -0.3 is 5.32 Å². The first-order valence-corrected chi connectivity index (χ1v) is 5.82. The van der Waals surface area contributed by atoms with Crippen LogP contribution in [-0.4, -0.2) is 12.5 Å². The number of rotatable bonds is 4. The Balaban J connectivity index is 2.03. The summed E-state index contributed by atoms with van der Waals surface area (Å²) in [4.78, 5) is 11.8. The minimum absolute atomic E-state index is 0.0246. The zero-order valence-corrected chi connectivity index (χ0v) is 9.46. The first kappa shape index (κ1) is 10.9. The van der Waals surface area contributed by atoms with Gasteiger partial charge in [0.15, 0.2) is 0 Å². The molecule has 0 spiro atoms. The molecule has 0 aliphatic heterocycles. The van der Waals surface area contributed by atoms with Gasteiger partial charge in [0, 0.05) is 12.1 Å². The number of amides is 1. The van der Waals surface area contributed by atoms with Crippen LogP contribution in [0.1, 0.15) is 34.3 Å². The number of nitrogens with one attached hydrogen (secondary N) is 1. The molecule has 0 radical (unpaired) electrons. The van der Waals surface area contributed by atoms with Gasteiger partial charge in [0.05, 0.1) is 0 Å². The molecule has 0 unspecified atom stereocenters. The Morgan fingerprint density at radius 3 is 3.00 bits per heavy atom. The highest BCUT2D eigenvalue weighted by atomic mass is 16.1. The van der Waals surface area contributed by atoms with Crippen LogP contribution < -0.4 is 5.32 Å². The van der Waals surface area contributed by atoms with Gasteiger partial charge in [-0.05, 0) is 48.9 Å². The van der Waals surface area contributed by atoms with Crippen LogP contribution in [0.5, 0.6) is 0 Å². The number of carbonyl (C=O) groups excluding carboxylic acids is 1. The first-order chi connectivity index (χ1) is 7.81. The SMILES string of the molecule is C=CCCNC(=O)c1ccc2c(c1)CCC2. The van der Waals surface area contributed by atoms with E-state index in [1.807, 2.05) is 18.2 Å². The van der Waals surface area contributed by atoms with Crippen molar-refractivity contribution in [3.63, 3.8) is 0 Å². The van der Waals surface area contributed by atoms with Crippen LogP contribution in [0.4, 0.5) is 0 Å². The predicted molar refractivity (Wildman–Crippen MR) is 65.6 cm³/mol. The van der Waals surface area contributed by atoms with E-state index in [9.17, 15) is 4.79 Å². The average Bonchev–Trinajstić information content (AvgIpc) is 2.76. The lowest BCUT2D eigenvalue weighted by Gasteiger charge is -2.05. The second-order valence-electron chi connectivity index (χ2n) is 4.17. The summed E-state index contributed by atoms with van der Waals surface area (Å²) in [6.45, 7) is 4.29. The molecule has 0 fully saturated rings. The van der Waals surface area contributed by atoms with E-state index >= 15 is 0 Å². The monoisotopic (exact) mass is 215 g/mol. The largest absolute Gasteiger partial charge is 0.352 e. The molecule has 2 rings (SSSR count). The molecule has 1 aliphatic carbocycles. The number of aryl methyl sites for hydroxylation is 2. The van der Waals surface area contributed by atoms with E-state index in [-0.39, 0.29) is 5.91 Å². The fourth-order valence-corrected chi connectivity index (χ4v) is 2.10. The topological polar surface area (TPSA) is 29.1 Å². The highest BCUT2D eigenvalue weighted by molar-refractivity contribution is 5.94. The normalized spacial score (nSPS) is 13.2. The Morgan fingerprint density at radius 2 is 2.19 bits per heavy atom. The number of fused-ring (bicyclic) bond motifs is 1. The number of carbonyl (C=O) groups is 1. The molecule has 0 saturated heterocycles. The van der Waals surface area contributed by atoms with Gasteiger partial charge in [-0.2, -0.15) is 0 Å². The minimum atomic E-state index is 0.0246. The van der Waals surface area contributed by atoms with Gasteiger partial charge in [0.1, 0.15) is 0 Å². The van der Waals surface area contributed by atoms with Crippen LogP contribution in [-0.2, 0) is 12.8 Å². The standard InChI is InChI=1S/C14H17NO/c1-2-3-9-15-14(16)13-8-7-11-5-4-6-12(11)10-13/h2,7-8,10H,1,3-6,9H2,(H,15,16). The van der Waals surface area contributed by atoms with E-state index in [1.165, 1.54) is 17.5 Å². The van der Waals surface area contributed by atoms with Gasteiger partial charge in [-0.15, -0.1) is 6.58 Å². The molecule has 1 aliphatic rings. The smallest absolute Gasteiger partial charge is 0.251 e. The van der Waals surface area contributed by atoms with Crippen molar-refractivity contribution in [1.29, 1.82) is 0 Å². The Hall–Kier alpha value is -1.57. The van der Waals surface area contributed by atoms with E-state index in [1.54, 1.807) is 0 Å². The van der Waals surface area contributed by atoms with Crippen molar-refractivity contribution in [3.05, 3.63) is 47.5 Å². The second-order valence-corrected chi connectivity index (χ2v) is 4.17. The quantitative estimate of drug-likeness (QED) is 0.606. The van der Waals surface area contributed by atoms with E-state index in [0.29, 0.717) is 6.54 Å². The lowest BCUT2D eigenvalue weighted by molar-refractivity contribution is 0.0954. The van der Waals surface area contributed by atoms with Crippen molar-refractivity contribution >= 4 is 5.91 Å². The molecule has 16 heavy (non-hydrogen) atoms. The van der Waals surface area contributed by atoms with Gasteiger partial charge in [-0.25, -0.2) is 0 Å². The molecular formula is C14H17NO. The van der Waals surface area contributed by atoms with Gasteiger partial charge in [0.25, 0.3) is 5.91 Å². The summed E-state index contributed by atoms with van der Waals surface area (Å²) in [6.07, 6.45) is 6.12. The van der Waals surface area contributed by atoms with E-state index in [0.717, 1.165) is 24.8 Å². The van der Waals surface area contributed by atoms with Crippen molar-refractivity contribution in [2.45, 2.75) is 25.7 Å². The van der Waals surface area contributed by atoms with Crippen molar-refractivity contribution in [1.82, 2.24) is 5.32 Å². The number of hydrogen-bond acceptors (Lipinski definition) is 1. The van der Waals surface area contributed by atoms with Crippen LogP contribution in [0.25, 0.3) is 0 Å². The zero-order valence-electron chi connectivity index (χ0n) is 9.46. The van der Waals surface area contributed by atoms with Crippen LogP contribution >= 0.6 is 0 Å². The van der Waals surface area contributed by atoms with Gasteiger partial charge in [0.2, 0.25) is 0 Å². The maximum atomic E-state index is 11.8. The maximum absolute atomic E-state index is 11.8. The van der Waals surface area contributed by atoms with Crippen molar-refractivity contribution in [2.24, 2.45) is 0 Å². The van der Waals surface area contributed by atoms with Gasteiger partial charge in [-0.1, -0.05) is 12.1 Å². The third kappa shape index (κ3) is 2.32. The van der Waals surface area contributed by atoms with Crippen LogP contribution in [0.15, 0.2) is 30.9 Å². The molecule has 2 nitrogen and oxygen atoms in total. The molecule has 84 valence electrons. The van der Waals surface area contributed by atoms with E-state index < -0.39 is 0 Å². The third-order valence-corrected chi connectivity index (χ3v) is 2.99. The molecule has 1 aromatic rings. The molecule has 0 atom stereocenters. The third-order valence-electron chi connectivity index (χ3n) is 2.99. The molecular weight excluding hydrogens is 198 g/mol. The highest BCUT2D eigenvalue weighted by Gasteiger charge is 2.13. The molecule has 1 amide bonds. The molecule has 0 saturated carbocycles. The van der Waals surface area contributed by atoms with E-state index in [4.69, 9.17) is 0 Å². The Kier molecular flexibility index (Phi) is 3.40. The fourth-order valence-electron chi connectivity index (χ4n) is 2.10. The summed E-state index contributed by atoms with van der Waals surface area (Å²) < 4.78 is 0. The van der Waals surface area contributed by atoms with Crippen molar-refractivity contribution in [2.75, 3.05) is 6.54 Å². The Bertz CT molecular complexity index is 409. The summed E-state index contributed by atoms with van der Waals surface area (Å²) in [5.41, 5.74) is 3.53. The number of benzene rings is 1. The molecule has 0 aromatic heterocycles. The van der Waals surface area contributed by atoms with Crippen LogP contribution in [0.2, 0.25) is 0 Å². The van der Waals surface area contributed by atoms with Crippen LogP contribution in [0.3, 0.4) is 0 Å². The fraction of sp³-hybridized carbons (Fsp3) is 0.357. The lowest BCUT2D eigenvalue weighted by atomic mass is 10.1. The maximum Gasteiger partial charge on any atom is 0.251 e. The Morgan fingerprint density at radius 1 is 1.38 bits per heavy atom. The second kappa shape index (κ2) is 4.97. The molecule has 1 aromatic carbocycles. The summed E-state index contributed by atoms with van der Waals surface area (Å²) in [5.74, 6) is 0.0246. The summed E-state index contributed by atoms with van der Waals surface area (Å²) in [7, 11) is 0. The van der Waals surface area contributed by atoms with Crippen molar-refractivity contribution in [3.8, 4) is 0 Å². The predicted octanol–water partition coefficient (Wildman–Crippen LogP) is 2.48. The molecule has 0 bridgehead atoms. The zero-order chi connectivity index (χ0) is 11.4. The molecule has 2 heteroatoms. The Labute approximate surface area is 96.4 Å². The first-order valence-electron chi connectivity index (χ1n) is 5.82. The van der Waals surface area contributed by atoms with E-state index in [2.05, 4.69) is 18.0 Å². The molecule has 1 N–H and O–H groups in total. The van der Waals surface area contributed by atoms with Crippen LogP contribution in [0, 0.1) is 0 Å². The summed E-state index contributed by atoms with van der Waals surface area (Å²) in [6, 6.07) is 6.05.